The molecule has 3 N–H and O–H groups in total. The Balaban J connectivity index is 2.34. The van der Waals surface area contributed by atoms with Crippen molar-refractivity contribution in [3.05, 3.63) is 52.3 Å². The molecule has 6 nitrogen and oxygen atoms in total. The zero-order chi connectivity index (χ0) is 15.6. The zero-order valence-electron chi connectivity index (χ0n) is 10.4. The number of rotatable bonds is 3. The lowest BCUT2D eigenvalue weighted by atomic mass is 10.2. The highest BCUT2D eigenvalue weighted by molar-refractivity contribution is 7.89. The van der Waals surface area contributed by atoms with E-state index >= 15 is 0 Å². The number of nitrogens with one attached hydrogen (secondary N) is 1. The summed E-state index contributed by atoms with van der Waals surface area (Å²) >= 11 is 11.4. The molecule has 0 bridgehead atoms. The maximum atomic E-state index is 12.1. The Labute approximate surface area is 130 Å². The van der Waals surface area contributed by atoms with Gasteiger partial charge in [0.1, 0.15) is 10.0 Å². The van der Waals surface area contributed by atoms with E-state index in [4.69, 9.17) is 28.3 Å². The summed E-state index contributed by atoms with van der Waals surface area (Å²) in [5.74, 6) is -0.586. The third kappa shape index (κ3) is 3.70. The van der Waals surface area contributed by atoms with Crippen molar-refractivity contribution >= 4 is 44.8 Å². The number of amides is 1. The molecule has 1 aromatic heterocycles. The number of primary sulfonamides is 1. The maximum absolute atomic E-state index is 12.1. The molecule has 0 aliphatic heterocycles. The summed E-state index contributed by atoms with van der Waals surface area (Å²) in [6.45, 7) is 0. The van der Waals surface area contributed by atoms with Gasteiger partial charge in [-0.15, -0.1) is 0 Å². The number of pyridine rings is 1. The predicted molar refractivity (Wildman–Crippen MR) is 80.0 cm³/mol. The summed E-state index contributed by atoms with van der Waals surface area (Å²) in [5, 5.41) is 7.71. The Kier molecular flexibility index (Phi) is 4.48. The molecule has 2 aromatic rings. The maximum Gasteiger partial charge on any atom is 0.257 e. The van der Waals surface area contributed by atoms with Crippen LogP contribution in [0.1, 0.15) is 10.4 Å². The van der Waals surface area contributed by atoms with E-state index in [9.17, 15) is 13.2 Å². The number of anilines is 1. The summed E-state index contributed by atoms with van der Waals surface area (Å²) in [4.78, 5) is 15.6. The van der Waals surface area contributed by atoms with Crippen LogP contribution >= 0.6 is 23.2 Å². The van der Waals surface area contributed by atoms with Crippen molar-refractivity contribution in [2.45, 2.75) is 4.90 Å². The topological polar surface area (TPSA) is 102 Å². The number of halogens is 2. The van der Waals surface area contributed by atoms with Gasteiger partial charge in [-0.1, -0.05) is 35.3 Å². The number of nitrogens with zero attached hydrogens (tertiary/aromatic N) is 1. The first kappa shape index (κ1) is 15.7. The SMILES string of the molecule is NS(=O)(=O)c1ccccc1NC(=O)c1cnc(Cl)c(Cl)c1. The molecule has 0 saturated heterocycles. The van der Waals surface area contributed by atoms with E-state index in [0.717, 1.165) is 0 Å². The fourth-order valence-electron chi connectivity index (χ4n) is 1.56. The van der Waals surface area contributed by atoms with Gasteiger partial charge in [0.05, 0.1) is 16.3 Å². The van der Waals surface area contributed by atoms with Gasteiger partial charge in [0.25, 0.3) is 5.91 Å². The fraction of sp³-hybridized carbons (Fsp3) is 0. The zero-order valence-corrected chi connectivity index (χ0v) is 12.7. The van der Waals surface area contributed by atoms with E-state index in [1.807, 2.05) is 0 Å². The number of carbonyl (C=O) groups is 1. The first-order valence-corrected chi connectivity index (χ1v) is 7.83. The molecule has 9 heteroatoms. The number of hydrogen-bond donors (Lipinski definition) is 2. The summed E-state index contributed by atoms with van der Waals surface area (Å²) in [7, 11) is -3.95. The van der Waals surface area contributed by atoms with Gasteiger partial charge in [-0.25, -0.2) is 18.5 Å². The van der Waals surface area contributed by atoms with E-state index in [1.54, 1.807) is 6.07 Å². The Morgan fingerprint density at radius 3 is 2.52 bits per heavy atom. The highest BCUT2D eigenvalue weighted by Gasteiger charge is 2.16. The number of hydrogen-bond acceptors (Lipinski definition) is 4. The molecule has 2 rings (SSSR count). The van der Waals surface area contributed by atoms with Crippen LogP contribution in [0.3, 0.4) is 0 Å². The summed E-state index contributed by atoms with van der Waals surface area (Å²) in [6.07, 6.45) is 1.23. The van der Waals surface area contributed by atoms with E-state index in [2.05, 4.69) is 10.3 Å². The monoisotopic (exact) mass is 345 g/mol. The highest BCUT2D eigenvalue weighted by Crippen LogP contribution is 2.22. The fourth-order valence-corrected chi connectivity index (χ4v) is 2.52. The second-order valence-electron chi connectivity index (χ2n) is 3.99. The third-order valence-corrected chi connectivity index (χ3v) is 4.16. The average molecular weight is 346 g/mol. The minimum atomic E-state index is -3.95. The van der Waals surface area contributed by atoms with Crippen LogP contribution in [0.15, 0.2) is 41.4 Å². The third-order valence-electron chi connectivity index (χ3n) is 2.50. The largest absolute Gasteiger partial charge is 0.321 e. The van der Waals surface area contributed by atoms with Crippen LogP contribution in [0, 0.1) is 0 Å². The van der Waals surface area contributed by atoms with Gasteiger partial charge < -0.3 is 5.32 Å². The molecule has 110 valence electrons. The lowest BCUT2D eigenvalue weighted by Gasteiger charge is -2.09. The molecule has 1 amide bonds. The molecule has 0 radical (unpaired) electrons. The average Bonchev–Trinajstić information content (AvgIpc) is 2.41. The first-order valence-electron chi connectivity index (χ1n) is 5.53. The molecule has 0 saturated carbocycles. The van der Waals surface area contributed by atoms with Crippen molar-refractivity contribution in [2.75, 3.05) is 5.32 Å². The number of sulfonamides is 1. The van der Waals surface area contributed by atoms with Crippen LogP contribution in [0.4, 0.5) is 5.69 Å². The van der Waals surface area contributed by atoms with Gasteiger partial charge in [0, 0.05) is 6.20 Å². The lowest BCUT2D eigenvalue weighted by molar-refractivity contribution is 0.102. The van der Waals surface area contributed by atoms with Gasteiger partial charge in [-0.05, 0) is 18.2 Å². The predicted octanol–water partition coefficient (Wildman–Crippen LogP) is 2.29. The minimum absolute atomic E-state index is 0.0658. The normalized spacial score (nSPS) is 11.2. The van der Waals surface area contributed by atoms with Gasteiger partial charge >= 0.3 is 0 Å². The van der Waals surface area contributed by atoms with Crippen molar-refractivity contribution < 1.29 is 13.2 Å². The van der Waals surface area contributed by atoms with E-state index in [0.29, 0.717) is 0 Å². The van der Waals surface area contributed by atoms with E-state index < -0.39 is 15.9 Å². The molecule has 0 spiro atoms. The molecule has 0 fully saturated rings. The standard InChI is InChI=1S/C12H9Cl2N3O3S/c13-8-5-7(6-16-11(8)14)12(18)17-9-3-1-2-4-10(9)21(15,19)20/h1-6H,(H,17,18)(H2,15,19,20). The van der Waals surface area contributed by atoms with Crippen molar-refractivity contribution in [1.29, 1.82) is 0 Å². The van der Waals surface area contributed by atoms with Crippen LogP contribution in [0.2, 0.25) is 10.2 Å². The number of benzene rings is 1. The highest BCUT2D eigenvalue weighted by atomic mass is 35.5. The smallest absolute Gasteiger partial charge is 0.257 e. The molecule has 21 heavy (non-hydrogen) atoms. The van der Waals surface area contributed by atoms with Crippen molar-refractivity contribution in [1.82, 2.24) is 4.98 Å². The second-order valence-corrected chi connectivity index (χ2v) is 6.29. The molecule has 1 aromatic carbocycles. The Morgan fingerprint density at radius 2 is 1.90 bits per heavy atom. The van der Waals surface area contributed by atoms with Crippen LogP contribution in [0.5, 0.6) is 0 Å². The van der Waals surface area contributed by atoms with Crippen molar-refractivity contribution in [2.24, 2.45) is 5.14 Å². The van der Waals surface area contributed by atoms with E-state index in [-0.39, 0.29) is 26.3 Å². The van der Waals surface area contributed by atoms with Crippen LogP contribution in [0.25, 0.3) is 0 Å². The summed E-state index contributed by atoms with van der Waals surface area (Å²) < 4.78 is 22.9. The van der Waals surface area contributed by atoms with Gasteiger partial charge in [0.2, 0.25) is 10.0 Å². The summed E-state index contributed by atoms with van der Waals surface area (Å²) in [5.41, 5.74) is 0.199. The van der Waals surface area contributed by atoms with Crippen LogP contribution in [-0.4, -0.2) is 19.3 Å². The number of para-hydroxylation sites is 1. The molecule has 0 atom stereocenters. The number of aromatic nitrogens is 1. The Morgan fingerprint density at radius 1 is 1.24 bits per heavy atom. The quantitative estimate of drug-likeness (QED) is 0.833. The summed E-state index contributed by atoms with van der Waals surface area (Å²) in [6, 6.07) is 7.10. The second kappa shape index (κ2) is 5.98. The van der Waals surface area contributed by atoms with Crippen molar-refractivity contribution in [3.8, 4) is 0 Å². The molecule has 0 aliphatic carbocycles. The van der Waals surface area contributed by atoms with Gasteiger partial charge in [-0.3, -0.25) is 4.79 Å². The lowest BCUT2D eigenvalue weighted by Crippen LogP contribution is -2.18. The van der Waals surface area contributed by atoms with Gasteiger partial charge in [-0.2, -0.15) is 0 Å². The Bertz CT molecular complexity index is 809. The van der Waals surface area contributed by atoms with E-state index in [1.165, 1.54) is 30.5 Å². The van der Waals surface area contributed by atoms with Gasteiger partial charge in [0.15, 0.2) is 0 Å². The Hall–Kier alpha value is -1.67. The molecule has 0 aliphatic rings. The number of carbonyl (C=O) groups excluding carboxylic acids is 1. The molecule has 1 heterocycles. The number of nitrogens with two attached hydrogens (primary N) is 1. The minimum Gasteiger partial charge on any atom is -0.321 e. The molecular formula is C12H9Cl2N3O3S. The molecular weight excluding hydrogens is 337 g/mol. The van der Waals surface area contributed by atoms with Crippen molar-refractivity contribution in [3.63, 3.8) is 0 Å². The first-order chi connectivity index (χ1) is 9.79. The van der Waals surface area contributed by atoms with Crippen LogP contribution in [-0.2, 0) is 10.0 Å². The molecule has 0 unspecified atom stereocenters. The van der Waals surface area contributed by atoms with Crippen LogP contribution < -0.4 is 10.5 Å².